The van der Waals surface area contributed by atoms with Crippen molar-refractivity contribution in [2.24, 2.45) is 0 Å². The Balaban J connectivity index is 3.33. The third kappa shape index (κ3) is 2.72. The second-order valence-corrected chi connectivity index (χ2v) is 3.82. The molecule has 2 nitrogen and oxygen atoms in total. The van der Waals surface area contributed by atoms with Crippen molar-refractivity contribution in [3.05, 3.63) is 33.5 Å². The number of halogens is 5. The molecule has 0 bridgehead atoms. The Morgan fingerprint density at radius 3 is 2.38 bits per heavy atom. The SMILES string of the molecule is O=C(O)Cc1ccc(Br)c(C(F)(F)F)c1F. The number of rotatable bonds is 2. The molecule has 1 aromatic carbocycles. The Hall–Kier alpha value is -1.11. The minimum Gasteiger partial charge on any atom is -0.481 e. The van der Waals surface area contributed by atoms with Gasteiger partial charge in [0.2, 0.25) is 0 Å². The summed E-state index contributed by atoms with van der Waals surface area (Å²) in [6.45, 7) is 0. The minimum absolute atomic E-state index is 0.452. The highest BCUT2D eigenvalue weighted by atomic mass is 79.9. The van der Waals surface area contributed by atoms with Crippen molar-refractivity contribution in [2.75, 3.05) is 0 Å². The van der Waals surface area contributed by atoms with Gasteiger partial charge in [-0.05, 0) is 11.6 Å². The highest BCUT2D eigenvalue weighted by molar-refractivity contribution is 9.10. The molecule has 7 heteroatoms. The van der Waals surface area contributed by atoms with Crippen LogP contribution in [0.3, 0.4) is 0 Å². The molecule has 0 atom stereocenters. The quantitative estimate of drug-likeness (QED) is 0.852. The van der Waals surface area contributed by atoms with E-state index in [4.69, 9.17) is 5.11 Å². The van der Waals surface area contributed by atoms with Crippen molar-refractivity contribution in [3.8, 4) is 0 Å². The number of carboxylic acids is 1. The fourth-order valence-electron chi connectivity index (χ4n) is 1.15. The maximum absolute atomic E-state index is 13.4. The fourth-order valence-corrected chi connectivity index (χ4v) is 1.69. The molecule has 1 aromatic rings. The molecule has 1 N–H and O–H groups in total. The Labute approximate surface area is 96.0 Å². The molecule has 0 saturated heterocycles. The number of hydrogen-bond donors (Lipinski definition) is 1. The van der Waals surface area contributed by atoms with Crippen molar-refractivity contribution in [2.45, 2.75) is 12.6 Å². The van der Waals surface area contributed by atoms with Crippen LogP contribution in [0.5, 0.6) is 0 Å². The van der Waals surface area contributed by atoms with Crippen LogP contribution in [0.4, 0.5) is 17.6 Å². The summed E-state index contributed by atoms with van der Waals surface area (Å²) < 4.78 is 50.2. The lowest BCUT2D eigenvalue weighted by Crippen LogP contribution is -2.13. The molecular formula is C9H5BrF4O2. The summed E-state index contributed by atoms with van der Waals surface area (Å²) in [5.74, 6) is -2.95. The van der Waals surface area contributed by atoms with Gasteiger partial charge in [0.25, 0.3) is 0 Å². The number of hydrogen-bond acceptors (Lipinski definition) is 1. The lowest BCUT2D eigenvalue weighted by Gasteiger charge is -2.12. The largest absolute Gasteiger partial charge is 0.481 e. The molecule has 0 heterocycles. The Bertz CT molecular complexity index is 428. The summed E-state index contributed by atoms with van der Waals surface area (Å²) in [6.07, 6.45) is -5.65. The number of aliphatic carboxylic acids is 1. The van der Waals surface area contributed by atoms with E-state index in [1.54, 1.807) is 0 Å². The van der Waals surface area contributed by atoms with Gasteiger partial charge in [-0.1, -0.05) is 22.0 Å². The summed E-state index contributed by atoms with van der Waals surface area (Å²) in [5, 5.41) is 8.39. The number of carboxylic acid groups (broad SMARTS) is 1. The van der Waals surface area contributed by atoms with Gasteiger partial charge in [0.1, 0.15) is 11.4 Å². The third-order valence-corrected chi connectivity index (χ3v) is 2.46. The first-order valence-electron chi connectivity index (χ1n) is 3.99. The summed E-state index contributed by atoms with van der Waals surface area (Å²) in [4.78, 5) is 10.3. The molecule has 16 heavy (non-hydrogen) atoms. The molecule has 0 fully saturated rings. The van der Waals surface area contributed by atoms with Gasteiger partial charge in [-0.15, -0.1) is 0 Å². The van der Waals surface area contributed by atoms with Gasteiger partial charge in [-0.3, -0.25) is 4.79 Å². The molecule has 0 aliphatic rings. The Kier molecular flexibility index (Phi) is 3.57. The topological polar surface area (TPSA) is 37.3 Å². The van der Waals surface area contributed by atoms with Crippen LogP contribution >= 0.6 is 15.9 Å². The Morgan fingerprint density at radius 1 is 1.38 bits per heavy atom. The molecule has 0 aromatic heterocycles. The predicted molar refractivity (Wildman–Crippen MR) is 50.4 cm³/mol. The summed E-state index contributed by atoms with van der Waals surface area (Å²) in [5.41, 5.74) is -1.98. The smallest absolute Gasteiger partial charge is 0.420 e. The fraction of sp³-hybridized carbons (Fsp3) is 0.222. The summed E-state index contributed by atoms with van der Waals surface area (Å²) in [7, 11) is 0. The van der Waals surface area contributed by atoms with Crippen LogP contribution in [-0.4, -0.2) is 11.1 Å². The monoisotopic (exact) mass is 300 g/mol. The predicted octanol–water partition coefficient (Wildman–Crippen LogP) is 3.23. The van der Waals surface area contributed by atoms with Gasteiger partial charge in [0, 0.05) is 4.47 Å². The van der Waals surface area contributed by atoms with Crippen LogP contribution in [-0.2, 0) is 17.4 Å². The second-order valence-electron chi connectivity index (χ2n) is 2.96. The van der Waals surface area contributed by atoms with E-state index in [0.29, 0.717) is 0 Å². The molecule has 0 spiro atoms. The number of carbonyl (C=O) groups is 1. The van der Waals surface area contributed by atoms with Crippen LogP contribution in [0.25, 0.3) is 0 Å². The summed E-state index contributed by atoms with van der Waals surface area (Å²) in [6, 6.07) is 1.98. The standard InChI is InChI=1S/C9H5BrF4O2/c10-5-2-1-4(3-6(15)16)8(11)7(5)9(12,13)14/h1-2H,3H2,(H,15,16). The zero-order chi connectivity index (χ0) is 12.5. The lowest BCUT2D eigenvalue weighted by atomic mass is 10.1. The molecule has 88 valence electrons. The average molecular weight is 301 g/mol. The van der Waals surface area contributed by atoms with Gasteiger partial charge < -0.3 is 5.11 Å². The van der Waals surface area contributed by atoms with Gasteiger partial charge in [-0.2, -0.15) is 13.2 Å². The van der Waals surface area contributed by atoms with Crippen molar-refractivity contribution in [1.82, 2.24) is 0 Å². The molecule has 0 saturated carbocycles. The lowest BCUT2D eigenvalue weighted by molar-refractivity contribution is -0.141. The van der Waals surface area contributed by atoms with Crippen LogP contribution in [0.1, 0.15) is 11.1 Å². The average Bonchev–Trinajstić information content (AvgIpc) is 2.07. The molecule has 1 rings (SSSR count). The van der Waals surface area contributed by atoms with E-state index in [9.17, 15) is 22.4 Å². The normalized spacial score (nSPS) is 11.6. The van der Waals surface area contributed by atoms with Crippen molar-refractivity contribution < 1.29 is 27.5 Å². The van der Waals surface area contributed by atoms with E-state index in [-0.39, 0.29) is 0 Å². The van der Waals surface area contributed by atoms with Crippen LogP contribution < -0.4 is 0 Å². The van der Waals surface area contributed by atoms with Crippen LogP contribution in [0, 0.1) is 5.82 Å². The van der Waals surface area contributed by atoms with Gasteiger partial charge in [-0.25, -0.2) is 4.39 Å². The maximum Gasteiger partial charge on any atom is 0.420 e. The summed E-state index contributed by atoms with van der Waals surface area (Å²) >= 11 is 2.58. The Morgan fingerprint density at radius 2 is 1.94 bits per heavy atom. The number of benzene rings is 1. The zero-order valence-electron chi connectivity index (χ0n) is 7.61. The molecule has 0 aliphatic carbocycles. The van der Waals surface area contributed by atoms with Gasteiger partial charge >= 0.3 is 12.1 Å². The van der Waals surface area contributed by atoms with E-state index < -0.39 is 40.0 Å². The van der Waals surface area contributed by atoms with Crippen LogP contribution in [0.2, 0.25) is 0 Å². The van der Waals surface area contributed by atoms with Gasteiger partial charge in [0.05, 0.1) is 6.42 Å². The van der Waals surface area contributed by atoms with Crippen molar-refractivity contribution in [3.63, 3.8) is 0 Å². The highest BCUT2D eigenvalue weighted by Crippen LogP contribution is 2.37. The van der Waals surface area contributed by atoms with E-state index in [1.165, 1.54) is 0 Å². The maximum atomic E-state index is 13.4. The number of alkyl halides is 3. The first-order valence-corrected chi connectivity index (χ1v) is 4.78. The minimum atomic E-state index is -4.86. The zero-order valence-corrected chi connectivity index (χ0v) is 9.19. The molecule has 0 radical (unpaired) electrons. The van der Waals surface area contributed by atoms with Gasteiger partial charge in [0.15, 0.2) is 0 Å². The van der Waals surface area contributed by atoms with E-state index >= 15 is 0 Å². The first kappa shape index (κ1) is 13.0. The highest BCUT2D eigenvalue weighted by Gasteiger charge is 2.37. The molecule has 0 amide bonds. The van der Waals surface area contributed by atoms with Crippen LogP contribution in [0.15, 0.2) is 16.6 Å². The van der Waals surface area contributed by atoms with Crippen molar-refractivity contribution in [1.29, 1.82) is 0 Å². The second kappa shape index (κ2) is 4.40. The third-order valence-electron chi connectivity index (χ3n) is 1.80. The first-order chi connectivity index (χ1) is 7.23. The van der Waals surface area contributed by atoms with E-state index in [0.717, 1.165) is 12.1 Å². The molecule has 0 aliphatic heterocycles. The van der Waals surface area contributed by atoms with E-state index in [2.05, 4.69) is 15.9 Å². The molecular weight excluding hydrogens is 296 g/mol. The van der Waals surface area contributed by atoms with Crippen molar-refractivity contribution >= 4 is 21.9 Å². The molecule has 0 unspecified atom stereocenters. The van der Waals surface area contributed by atoms with E-state index in [1.807, 2.05) is 0 Å².